The number of thiazole rings is 1. The van der Waals surface area contributed by atoms with E-state index in [1.165, 1.54) is 29.9 Å². The molecule has 0 aliphatic heterocycles. The summed E-state index contributed by atoms with van der Waals surface area (Å²) in [6, 6.07) is 3.70. The Morgan fingerprint density at radius 1 is 1.12 bits per heavy atom. The fourth-order valence-electron chi connectivity index (χ4n) is 1.95. The number of aromatic nitrogens is 4. The summed E-state index contributed by atoms with van der Waals surface area (Å²) in [4.78, 5) is 39.9. The second-order valence-electron chi connectivity index (χ2n) is 5.00. The van der Waals surface area contributed by atoms with Gasteiger partial charge in [-0.25, -0.2) is 9.97 Å². The highest BCUT2D eigenvalue weighted by Crippen LogP contribution is 2.16. The third-order valence-corrected chi connectivity index (χ3v) is 3.93. The minimum atomic E-state index is -0.393. The molecule has 3 rings (SSSR count). The van der Waals surface area contributed by atoms with Crippen LogP contribution in [0.15, 0.2) is 48.5 Å². The van der Waals surface area contributed by atoms with Crippen molar-refractivity contribution in [3.8, 4) is 0 Å². The van der Waals surface area contributed by atoms with Crippen molar-refractivity contribution in [3.05, 3.63) is 65.4 Å². The first-order chi connectivity index (χ1) is 12.2. The largest absolute Gasteiger partial charge is 0.352 e. The van der Waals surface area contributed by atoms with Crippen molar-refractivity contribution in [3.63, 3.8) is 0 Å². The van der Waals surface area contributed by atoms with Crippen molar-refractivity contribution in [2.45, 2.75) is 13.0 Å². The van der Waals surface area contributed by atoms with Crippen molar-refractivity contribution in [1.29, 1.82) is 0 Å². The molecule has 3 heterocycles. The Kier molecular flexibility index (Phi) is 5.37. The van der Waals surface area contributed by atoms with Gasteiger partial charge in [-0.3, -0.25) is 24.9 Å². The lowest BCUT2D eigenvalue weighted by Gasteiger charge is -2.03. The van der Waals surface area contributed by atoms with E-state index in [0.29, 0.717) is 17.4 Å². The summed E-state index contributed by atoms with van der Waals surface area (Å²) >= 11 is 1.25. The molecular weight excluding hydrogens is 340 g/mol. The van der Waals surface area contributed by atoms with Crippen LogP contribution in [0.5, 0.6) is 0 Å². The highest BCUT2D eigenvalue weighted by Gasteiger charge is 2.12. The molecule has 0 radical (unpaired) electrons. The number of nitrogens with zero attached hydrogens (tertiary/aromatic N) is 4. The van der Waals surface area contributed by atoms with Gasteiger partial charge in [0.05, 0.1) is 18.3 Å². The van der Waals surface area contributed by atoms with Gasteiger partial charge in [0, 0.05) is 36.7 Å². The van der Waals surface area contributed by atoms with Gasteiger partial charge in [-0.15, -0.1) is 11.3 Å². The van der Waals surface area contributed by atoms with Crippen molar-refractivity contribution in [1.82, 2.24) is 25.3 Å². The molecule has 0 saturated carbocycles. The van der Waals surface area contributed by atoms with Gasteiger partial charge in [-0.2, -0.15) is 0 Å². The van der Waals surface area contributed by atoms with E-state index in [1.807, 2.05) is 12.1 Å². The Morgan fingerprint density at radius 2 is 2.00 bits per heavy atom. The monoisotopic (exact) mass is 354 g/mol. The molecule has 0 aromatic carbocycles. The zero-order chi connectivity index (χ0) is 17.5. The maximum absolute atomic E-state index is 12.0. The lowest BCUT2D eigenvalue weighted by molar-refractivity contribution is -0.120. The minimum absolute atomic E-state index is 0.137. The van der Waals surface area contributed by atoms with E-state index in [-0.39, 0.29) is 18.0 Å². The predicted octanol–water partition coefficient (Wildman–Crippen LogP) is 1.44. The first kappa shape index (κ1) is 16.7. The Labute approximate surface area is 147 Å². The topological polar surface area (TPSA) is 110 Å². The minimum Gasteiger partial charge on any atom is -0.352 e. The van der Waals surface area contributed by atoms with Crippen molar-refractivity contribution < 1.29 is 9.59 Å². The number of hydrogen-bond donors (Lipinski definition) is 2. The highest BCUT2D eigenvalue weighted by molar-refractivity contribution is 7.14. The SMILES string of the molecule is O=C(Cc1csc(NC(=O)c2cnccn2)n1)NCc1cccnc1. The Hall–Kier alpha value is -3.20. The average molecular weight is 354 g/mol. The Bertz CT molecular complexity index is 853. The van der Waals surface area contributed by atoms with Crippen molar-refractivity contribution in [2.75, 3.05) is 5.32 Å². The van der Waals surface area contributed by atoms with Crippen molar-refractivity contribution >= 4 is 28.3 Å². The average Bonchev–Trinajstić information content (AvgIpc) is 3.08. The van der Waals surface area contributed by atoms with Gasteiger partial charge in [-0.05, 0) is 11.6 Å². The third kappa shape index (κ3) is 4.88. The lowest BCUT2D eigenvalue weighted by atomic mass is 10.2. The number of pyridine rings is 1. The van der Waals surface area contributed by atoms with Gasteiger partial charge in [0.2, 0.25) is 5.91 Å². The molecule has 2 amide bonds. The van der Waals surface area contributed by atoms with E-state index in [0.717, 1.165) is 5.56 Å². The number of anilines is 1. The Balaban J connectivity index is 1.51. The molecule has 8 nitrogen and oxygen atoms in total. The molecule has 126 valence electrons. The first-order valence-corrected chi connectivity index (χ1v) is 8.26. The number of carbonyl (C=O) groups is 2. The van der Waals surface area contributed by atoms with Crippen molar-refractivity contribution in [2.24, 2.45) is 0 Å². The number of hydrogen-bond acceptors (Lipinski definition) is 7. The van der Waals surface area contributed by atoms with Gasteiger partial charge < -0.3 is 5.32 Å². The van der Waals surface area contributed by atoms with E-state index < -0.39 is 5.91 Å². The molecule has 2 N–H and O–H groups in total. The van der Waals surface area contributed by atoms with Crippen LogP contribution in [-0.2, 0) is 17.8 Å². The smallest absolute Gasteiger partial charge is 0.277 e. The van der Waals surface area contributed by atoms with Crippen LogP contribution in [0.25, 0.3) is 0 Å². The standard InChI is InChI=1S/C16H14N6O2S/c23-14(20-8-11-2-1-3-17-7-11)6-12-10-25-16(21-12)22-15(24)13-9-18-4-5-19-13/h1-5,7,9-10H,6,8H2,(H,20,23)(H,21,22,24). The number of carbonyl (C=O) groups excluding carboxylic acids is 2. The fourth-order valence-corrected chi connectivity index (χ4v) is 2.66. The van der Waals surface area contributed by atoms with E-state index in [2.05, 4.69) is 30.6 Å². The number of amides is 2. The quantitative estimate of drug-likeness (QED) is 0.693. The number of rotatable bonds is 6. The van der Waals surface area contributed by atoms with Gasteiger partial charge in [0.15, 0.2) is 5.13 Å². The van der Waals surface area contributed by atoms with Crippen LogP contribution in [-0.4, -0.2) is 31.8 Å². The molecule has 3 aromatic rings. The summed E-state index contributed by atoms with van der Waals surface area (Å²) < 4.78 is 0. The lowest BCUT2D eigenvalue weighted by Crippen LogP contribution is -2.24. The van der Waals surface area contributed by atoms with Crippen LogP contribution < -0.4 is 10.6 Å². The first-order valence-electron chi connectivity index (χ1n) is 7.38. The second-order valence-corrected chi connectivity index (χ2v) is 5.86. The second kappa shape index (κ2) is 8.06. The molecule has 0 atom stereocenters. The van der Waals surface area contributed by atoms with Crippen LogP contribution in [0.4, 0.5) is 5.13 Å². The molecule has 3 aromatic heterocycles. The molecule has 0 saturated heterocycles. The van der Waals surface area contributed by atoms with E-state index in [4.69, 9.17) is 0 Å². The summed E-state index contributed by atoms with van der Waals surface area (Å²) in [6.45, 7) is 0.410. The highest BCUT2D eigenvalue weighted by atomic mass is 32.1. The zero-order valence-corrected chi connectivity index (χ0v) is 13.9. The maximum atomic E-state index is 12.0. The zero-order valence-electron chi connectivity index (χ0n) is 13.0. The van der Waals surface area contributed by atoms with E-state index in [1.54, 1.807) is 17.8 Å². The summed E-state index contributed by atoms with van der Waals surface area (Å²) in [5.41, 5.74) is 1.71. The summed E-state index contributed by atoms with van der Waals surface area (Å²) in [7, 11) is 0. The summed E-state index contributed by atoms with van der Waals surface area (Å²) in [5.74, 6) is -0.545. The summed E-state index contributed by atoms with van der Waals surface area (Å²) in [6.07, 6.45) is 7.81. The van der Waals surface area contributed by atoms with Gasteiger partial charge in [0.25, 0.3) is 5.91 Å². The van der Waals surface area contributed by atoms with Gasteiger partial charge >= 0.3 is 0 Å². The molecule has 9 heteroatoms. The van der Waals surface area contributed by atoms with Crippen LogP contribution >= 0.6 is 11.3 Å². The van der Waals surface area contributed by atoms with Crippen LogP contribution in [0.2, 0.25) is 0 Å². The fraction of sp³-hybridized carbons (Fsp3) is 0.125. The molecular formula is C16H14N6O2S. The molecule has 0 aliphatic rings. The van der Waals surface area contributed by atoms with E-state index in [9.17, 15) is 9.59 Å². The molecule has 0 bridgehead atoms. The molecule has 0 spiro atoms. The van der Waals surface area contributed by atoms with Gasteiger partial charge in [0.1, 0.15) is 5.69 Å². The molecule has 0 unspecified atom stereocenters. The number of nitrogens with one attached hydrogen (secondary N) is 2. The molecule has 0 aliphatic carbocycles. The third-order valence-electron chi connectivity index (χ3n) is 3.12. The summed E-state index contributed by atoms with van der Waals surface area (Å²) in [5, 5.41) is 7.58. The van der Waals surface area contributed by atoms with E-state index >= 15 is 0 Å². The van der Waals surface area contributed by atoms with Crippen LogP contribution in [0.3, 0.4) is 0 Å². The van der Waals surface area contributed by atoms with Crippen LogP contribution in [0.1, 0.15) is 21.7 Å². The normalized spacial score (nSPS) is 10.2. The molecule has 25 heavy (non-hydrogen) atoms. The maximum Gasteiger partial charge on any atom is 0.277 e. The van der Waals surface area contributed by atoms with Gasteiger partial charge in [-0.1, -0.05) is 6.07 Å². The predicted molar refractivity (Wildman–Crippen MR) is 91.9 cm³/mol. The Morgan fingerprint density at radius 3 is 2.76 bits per heavy atom. The molecule has 0 fully saturated rings. The van der Waals surface area contributed by atoms with Crippen LogP contribution in [0, 0.1) is 0 Å².